The monoisotopic (exact) mass is 341 g/mol. The van der Waals surface area contributed by atoms with Crippen LogP contribution in [-0.2, 0) is 0 Å². The summed E-state index contributed by atoms with van der Waals surface area (Å²) in [5.74, 6) is -0.663. The molecule has 106 valence electrons. The number of hydrogen-bond acceptors (Lipinski definition) is 2. The summed E-state index contributed by atoms with van der Waals surface area (Å²) in [6, 6.07) is 9.18. The summed E-state index contributed by atoms with van der Waals surface area (Å²) >= 11 is 3.10. The van der Waals surface area contributed by atoms with Crippen LogP contribution in [0.15, 0.2) is 40.9 Å². The number of benzene rings is 2. The quantitative estimate of drug-likeness (QED) is 0.905. The molecule has 0 spiro atoms. The third kappa shape index (κ3) is 2.83. The van der Waals surface area contributed by atoms with E-state index in [4.69, 9.17) is 4.74 Å². The summed E-state index contributed by atoms with van der Waals surface area (Å²) in [5, 5.41) is 3.00. The Morgan fingerprint density at radius 2 is 1.95 bits per heavy atom. The van der Waals surface area contributed by atoms with Gasteiger partial charge in [-0.1, -0.05) is 18.2 Å². The molecule has 1 N–H and O–H groups in total. The maximum absolute atomic E-state index is 14.3. The van der Waals surface area contributed by atoms with Gasteiger partial charge in [-0.25, -0.2) is 8.78 Å². The molecule has 0 aliphatic rings. The molecule has 2 aromatic carbocycles. The van der Waals surface area contributed by atoms with Crippen molar-refractivity contribution in [2.45, 2.75) is 6.04 Å². The highest BCUT2D eigenvalue weighted by Gasteiger charge is 2.19. The predicted molar refractivity (Wildman–Crippen MR) is 78.0 cm³/mol. The van der Waals surface area contributed by atoms with Crippen molar-refractivity contribution in [2.75, 3.05) is 14.2 Å². The highest BCUT2D eigenvalue weighted by atomic mass is 79.9. The van der Waals surface area contributed by atoms with Crippen LogP contribution in [0.2, 0.25) is 0 Å². The fraction of sp³-hybridized carbons (Fsp3) is 0.200. The molecule has 0 bridgehead atoms. The smallest absolute Gasteiger partial charge is 0.170 e. The Kier molecular flexibility index (Phi) is 4.73. The fourth-order valence-corrected chi connectivity index (χ4v) is 2.35. The third-order valence-corrected chi connectivity index (χ3v) is 3.73. The largest absolute Gasteiger partial charge is 0.494 e. The summed E-state index contributed by atoms with van der Waals surface area (Å²) in [7, 11) is 3.11. The van der Waals surface area contributed by atoms with Gasteiger partial charge in [-0.15, -0.1) is 0 Å². The standard InChI is InChI=1S/C15H14BrF2NO/c1-19-15(9-6-7-11(16)12(17)8-9)10-4-3-5-13(20-2)14(10)18/h3-8,15,19H,1-2H3. The Morgan fingerprint density at radius 1 is 1.20 bits per heavy atom. The van der Waals surface area contributed by atoms with E-state index in [-0.39, 0.29) is 11.6 Å². The number of methoxy groups -OCH3 is 1. The predicted octanol–water partition coefficient (Wildman–Crippen LogP) is 4.04. The molecule has 2 rings (SSSR count). The van der Waals surface area contributed by atoms with Crippen molar-refractivity contribution in [3.8, 4) is 5.75 Å². The number of rotatable bonds is 4. The van der Waals surface area contributed by atoms with E-state index in [0.717, 1.165) is 0 Å². The average molecular weight is 342 g/mol. The molecule has 0 heterocycles. The molecule has 0 aliphatic carbocycles. The molecular formula is C15H14BrF2NO. The normalized spacial score (nSPS) is 12.2. The van der Waals surface area contributed by atoms with E-state index in [1.807, 2.05) is 0 Å². The minimum absolute atomic E-state index is 0.167. The van der Waals surface area contributed by atoms with Crippen LogP contribution in [0.4, 0.5) is 8.78 Å². The molecule has 1 atom stereocenters. The maximum Gasteiger partial charge on any atom is 0.170 e. The topological polar surface area (TPSA) is 21.3 Å². The van der Waals surface area contributed by atoms with Gasteiger partial charge in [0.2, 0.25) is 0 Å². The number of halogens is 3. The van der Waals surface area contributed by atoms with Crippen LogP contribution < -0.4 is 10.1 Å². The molecule has 5 heteroatoms. The second-order valence-electron chi connectivity index (χ2n) is 4.26. The van der Waals surface area contributed by atoms with Gasteiger partial charge in [0.15, 0.2) is 11.6 Å². The summed E-state index contributed by atoms with van der Waals surface area (Å²) in [5.41, 5.74) is 1.05. The maximum atomic E-state index is 14.3. The van der Waals surface area contributed by atoms with E-state index >= 15 is 0 Å². The van der Waals surface area contributed by atoms with Gasteiger partial charge in [0.1, 0.15) is 5.82 Å². The first kappa shape index (κ1) is 14.9. The van der Waals surface area contributed by atoms with Gasteiger partial charge in [0, 0.05) is 5.56 Å². The zero-order valence-corrected chi connectivity index (χ0v) is 12.7. The van der Waals surface area contributed by atoms with Crippen molar-refractivity contribution >= 4 is 15.9 Å². The van der Waals surface area contributed by atoms with Crippen LogP contribution in [0.5, 0.6) is 5.75 Å². The van der Waals surface area contributed by atoms with E-state index in [2.05, 4.69) is 21.2 Å². The van der Waals surface area contributed by atoms with Crippen molar-refractivity contribution in [3.05, 3.63) is 63.6 Å². The molecule has 0 aromatic heterocycles. The van der Waals surface area contributed by atoms with Crippen molar-refractivity contribution in [3.63, 3.8) is 0 Å². The minimum Gasteiger partial charge on any atom is -0.494 e. The van der Waals surface area contributed by atoms with Crippen LogP contribution in [0.25, 0.3) is 0 Å². The molecule has 0 aliphatic heterocycles. The van der Waals surface area contributed by atoms with E-state index < -0.39 is 11.9 Å². The summed E-state index contributed by atoms with van der Waals surface area (Å²) in [6.07, 6.45) is 0. The zero-order chi connectivity index (χ0) is 14.7. The van der Waals surface area contributed by atoms with Crippen LogP contribution in [0.1, 0.15) is 17.2 Å². The Labute approximate surface area is 124 Å². The lowest BCUT2D eigenvalue weighted by Gasteiger charge is -2.19. The molecule has 2 nitrogen and oxygen atoms in total. The minimum atomic E-state index is -0.451. The van der Waals surface area contributed by atoms with E-state index in [9.17, 15) is 8.78 Å². The fourth-order valence-electron chi connectivity index (χ4n) is 2.10. The lowest BCUT2D eigenvalue weighted by atomic mass is 9.98. The Bertz CT molecular complexity index is 619. The van der Waals surface area contributed by atoms with Gasteiger partial charge in [-0.2, -0.15) is 0 Å². The molecule has 2 aromatic rings. The van der Waals surface area contributed by atoms with E-state index in [1.165, 1.54) is 13.2 Å². The van der Waals surface area contributed by atoms with E-state index in [1.54, 1.807) is 37.4 Å². The van der Waals surface area contributed by atoms with Gasteiger partial charge < -0.3 is 10.1 Å². The molecule has 0 saturated carbocycles. The molecule has 0 amide bonds. The lowest BCUT2D eigenvalue weighted by molar-refractivity contribution is 0.382. The average Bonchev–Trinajstić information content (AvgIpc) is 2.45. The molecule has 0 radical (unpaired) electrons. The Morgan fingerprint density at radius 3 is 2.55 bits per heavy atom. The van der Waals surface area contributed by atoms with Gasteiger partial charge in [0.25, 0.3) is 0 Å². The van der Waals surface area contributed by atoms with Crippen molar-refractivity contribution in [1.82, 2.24) is 5.32 Å². The van der Waals surface area contributed by atoms with Crippen molar-refractivity contribution in [2.24, 2.45) is 0 Å². The lowest BCUT2D eigenvalue weighted by Crippen LogP contribution is -2.19. The highest BCUT2D eigenvalue weighted by molar-refractivity contribution is 9.10. The van der Waals surface area contributed by atoms with E-state index in [0.29, 0.717) is 15.6 Å². The third-order valence-electron chi connectivity index (χ3n) is 3.09. The molecule has 0 saturated heterocycles. The van der Waals surface area contributed by atoms with Gasteiger partial charge >= 0.3 is 0 Å². The Hall–Kier alpha value is -1.46. The SMILES string of the molecule is CNC(c1ccc(Br)c(F)c1)c1cccc(OC)c1F. The van der Waals surface area contributed by atoms with Gasteiger partial charge in [-0.05, 0) is 46.7 Å². The van der Waals surface area contributed by atoms with Crippen molar-refractivity contribution in [1.29, 1.82) is 0 Å². The molecule has 0 fully saturated rings. The number of nitrogens with one attached hydrogen (secondary N) is 1. The van der Waals surface area contributed by atoms with Gasteiger partial charge in [0.05, 0.1) is 17.6 Å². The summed E-state index contributed by atoms with van der Waals surface area (Å²) < 4.78 is 33.3. The second-order valence-corrected chi connectivity index (χ2v) is 5.11. The summed E-state index contributed by atoms with van der Waals surface area (Å²) in [6.45, 7) is 0. The first-order valence-corrected chi connectivity index (χ1v) is 6.82. The van der Waals surface area contributed by atoms with Crippen molar-refractivity contribution < 1.29 is 13.5 Å². The van der Waals surface area contributed by atoms with Gasteiger partial charge in [-0.3, -0.25) is 0 Å². The van der Waals surface area contributed by atoms with Crippen LogP contribution in [0.3, 0.4) is 0 Å². The number of ether oxygens (including phenoxy) is 1. The summed E-state index contributed by atoms with van der Waals surface area (Å²) in [4.78, 5) is 0. The Balaban J connectivity index is 2.49. The molecule has 20 heavy (non-hydrogen) atoms. The second kappa shape index (κ2) is 6.33. The zero-order valence-electron chi connectivity index (χ0n) is 11.1. The number of hydrogen-bond donors (Lipinski definition) is 1. The van der Waals surface area contributed by atoms with Crippen LogP contribution in [0, 0.1) is 11.6 Å². The highest BCUT2D eigenvalue weighted by Crippen LogP contribution is 2.30. The first-order chi connectivity index (χ1) is 9.58. The first-order valence-electron chi connectivity index (χ1n) is 6.03. The van der Waals surface area contributed by atoms with Crippen LogP contribution >= 0.6 is 15.9 Å². The molecular weight excluding hydrogens is 328 g/mol. The van der Waals surface area contributed by atoms with Crippen LogP contribution in [-0.4, -0.2) is 14.2 Å². The molecule has 1 unspecified atom stereocenters.